The van der Waals surface area contributed by atoms with E-state index in [4.69, 9.17) is 16.3 Å². The molecule has 1 aliphatic rings. The van der Waals surface area contributed by atoms with Gasteiger partial charge in [0.25, 0.3) is 10.0 Å². The molecule has 25 heavy (non-hydrogen) atoms. The van der Waals surface area contributed by atoms with E-state index in [0.717, 1.165) is 0 Å². The second kappa shape index (κ2) is 6.53. The molecule has 1 atom stereocenters. The number of ether oxygens (including phenoxy) is 1. The molecule has 1 aliphatic heterocycles. The van der Waals surface area contributed by atoms with Crippen LogP contribution in [0.25, 0.3) is 0 Å². The van der Waals surface area contributed by atoms with Crippen molar-refractivity contribution in [2.24, 2.45) is 0 Å². The summed E-state index contributed by atoms with van der Waals surface area (Å²) in [5, 5.41) is 0.406. The summed E-state index contributed by atoms with van der Waals surface area (Å²) >= 11 is 5.74. The summed E-state index contributed by atoms with van der Waals surface area (Å²) in [6, 6.07) is 7.39. The summed E-state index contributed by atoms with van der Waals surface area (Å²) in [5.41, 5.74) is 0.550. The van der Waals surface area contributed by atoms with Crippen molar-refractivity contribution in [3.8, 4) is 5.75 Å². The third-order valence-electron chi connectivity index (χ3n) is 3.65. The highest BCUT2D eigenvalue weighted by atomic mass is 35.5. The third kappa shape index (κ3) is 3.69. The fourth-order valence-corrected chi connectivity index (χ4v) is 3.65. The number of rotatable bonds is 3. The highest BCUT2D eigenvalue weighted by Gasteiger charge is 2.27. The number of hydrogen-bond donors (Lipinski definition) is 1. The van der Waals surface area contributed by atoms with E-state index in [9.17, 15) is 13.2 Å². The first-order valence-corrected chi connectivity index (χ1v) is 9.35. The van der Waals surface area contributed by atoms with Crippen LogP contribution in [0.4, 0.5) is 11.5 Å². The number of hydrogen-bond acceptors (Lipinski definition) is 5. The molecule has 2 aromatic rings. The summed E-state index contributed by atoms with van der Waals surface area (Å²) in [4.78, 5) is 17.3. The summed E-state index contributed by atoms with van der Waals surface area (Å²) in [6.07, 6.45) is 1.11. The molecule has 0 unspecified atom stereocenters. The van der Waals surface area contributed by atoms with E-state index in [1.807, 2.05) is 6.92 Å². The highest BCUT2D eigenvalue weighted by Crippen LogP contribution is 2.35. The van der Waals surface area contributed by atoms with Gasteiger partial charge in [-0.2, -0.15) is 0 Å². The molecular formula is C16H16ClN3O4S. The van der Waals surface area contributed by atoms with Crippen LogP contribution in [0.1, 0.15) is 13.8 Å². The maximum atomic E-state index is 12.5. The molecule has 0 bridgehead atoms. The molecule has 9 heteroatoms. The van der Waals surface area contributed by atoms with E-state index in [2.05, 4.69) is 9.71 Å². The molecule has 0 radical (unpaired) electrons. The van der Waals surface area contributed by atoms with Crippen LogP contribution in [0.15, 0.2) is 41.4 Å². The minimum Gasteiger partial charge on any atom is -0.487 e. The lowest BCUT2D eigenvalue weighted by Gasteiger charge is -2.33. The van der Waals surface area contributed by atoms with Crippen LogP contribution in [0.3, 0.4) is 0 Å². The largest absolute Gasteiger partial charge is 0.487 e. The molecule has 0 spiro atoms. The van der Waals surface area contributed by atoms with Gasteiger partial charge >= 0.3 is 0 Å². The van der Waals surface area contributed by atoms with Crippen molar-refractivity contribution in [3.63, 3.8) is 0 Å². The molecule has 2 heterocycles. The van der Waals surface area contributed by atoms with Crippen molar-refractivity contribution in [1.82, 2.24) is 4.98 Å². The van der Waals surface area contributed by atoms with Crippen molar-refractivity contribution < 1.29 is 17.9 Å². The van der Waals surface area contributed by atoms with Crippen LogP contribution >= 0.6 is 11.6 Å². The zero-order valence-corrected chi connectivity index (χ0v) is 15.1. The molecule has 132 valence electrons. The molecule has 1 N–H and O–H groups in total. The summed E-state index contributed by atoms with van der Waals surface area (Å²) in [6.45, 7) is 3.69. The predicted molar refractivity (Wildman–Crippen MR) is 94.6 cm³/mol. The summed E-state index contributed by atoms with van der Waals surface area (Å²) in [7, 11) is -3.85. The maximum absolute atomic E-state index is 12.5. The normalized spacial score (nSPS) is 16.8. The monoisotopic (exact) mass is 381 g/mol. The number of carbonyl (C=O) groups is 1. The first-order valence-electron chi connectivity index (χ1n) is 7.49. The van der Waals surface area contributed by atoms with E-state index >= 15 is 0 Å². The topological polar surface area (TPSA) is 88.6 Å². The zero-order valence-electron chi connectivity index (χ0n) is 13.6. The van der Waals surface area contributed by atoms with Crippen molar-refractivity contribution in [3.05, 3.63) is 41.6 Å². The number of nitrogens with zero attached hydrogens (tertiary/aromatic N) is 2. The molecule has 1 aromatic heterocycles. The van der Waals surface area contributed by atoms with E-state index in [0.29, 0.717) is 23.0 Å². The Morgan fingerprint density at radius 3 is 2.76 bits per heavy atom. The van der Waals surface area contributed by atoms with Crippen molar-refractivity contribution in [2.45, 2.75) is 24.8 Å². The number of pyridine rings is 1. The Bertz CT molecular complexity index is 915. The standard InChI is InChI=1S/C16H16ClN3O4S/c1-10-9-20(11(2)21)14-5-4-13(7-15(14)24-10)25(22,23)19-16-6-3-12(17)8-18-16/h3-8,10H,9H2,1-2H3,(H,18,19)/t10-/m0/s1. The molecule has 7 nitrogen and oxygen atoms in total. The second-order valence-electron chi connectivity index (χ2n) is 5.65. The Balaban J connectivity index is 1.94. The van der Waals surface area contributed by atoms with Crippen LogP contribution in [0.5, 0.6) is 5.75 Å². The fraction of sp³-hybridized carbons (Fsp3) is 0.250. The SMILES string of the molecule is CC(=O)N1C[C@H](C)Oc2cc(S(=O)(=O)Nc3ccc(Cl)cn3)ccc21. The minimum atomic E-state index is -3.85. The Morgan fingerprint density at radius 1 is 1.36 bits per heavy atom. The first kappa shape index (κ1) is 17.5. The number of amides is 1. The van der Waals surface area contributed by atoms with Gasteiger partial charge in [0.15, 0.2) is 0 Å². The zero-order chi connectivity index (χ0) is 18.2. The number of benzene rings is 1. The lowest BCUT2D eigenvalue weighted by molar-refractivity contribution is -0.117. The van der Waals surface area contributed by atoms with E-state index in [1.165, 1.54) is 37.4 Å². The van der Waals surface area contributed by atoms with Gasteiger partial charge in [-0.1, -0.05) is 11.6 Å². The Labute approximate surface area is 150 Å². The number of sulfonamides is 1. The van der Waals surface area contributed by atoms with E-state index < -0.39 is 10.0 Å². The number of aromatic nitrogens is 1. The Hall–Kier alpha value is -2.32. The summed E-state index contributed by atoms with van der Waals surface area (Å²) in [5.74, 6) is 0.373. The molecule has 3 rings (SSSR count). The van der Waals surface area contributed by atoms with Crippen LogP contribution in [0.2, 0.25) is 5.02 Å². The molecule has 0 aliphatic carbocycles. The number of anilines is 2. The Morgan fingerprint density at radius 2 is 2.12 bits per heavy atom. The number of fused-ring (bicyclic) bond motifs is 1. The smallest absolute Gasteiger partial charge is 0.263 e. The quantitative estimate of drug-likeness (QED) is 0.882. The summed E-state index contributed by atoms with van der Waals surface area (Å²) < 4.78 is 33.2. The van der Waals surface area contributed by atoms with Crippen LogP contribution in [-0.4, -0.2) is 32.0 Å². The molecule has 1 amide bonds. The average molecular weight is 382 g/mol. The first-order chi connectivity index (χ1) is 11.8. The van der Waals surface area contributed by atoms with Crippen molar-refractivity contribution in [1.29, 1.82) is 0 Å². The van der Waals surface area contributed by atoms with Gasteiger partial charge in [-0.05, 0) is 31.2 Å². The van der Waals surface area contributed by atoms with E-state index in [-0.39, 0.29) is 22.7 Å². The Kier molecular flexibility index (Phi) is 4.57. The average Bonchev–Trinajstić information content (AvgIpc) is 2.55. The number of carbonyl (C=O) groups excluding carboxylic acids is 1. The second-order valence-corrected chi connectivity index (χ2v) is 7.77. The van der Waals surface area contributed by atoms with Crippen LogP contribution < -0.4 is 14.4 Å². The van der Waals surface area contributed by atoms with Gasteiger partial charge in [0.1, 0.15) is 17.7 Å². The van der Waals surface area contributed by atoms with Gasteiger partial charge < -0.3 is 9.64 Å². The number of nitrogens with one attached hydrogen (secondary N) is 1. The van der Waals surface area contributed by atoms with E-state index in [1.54, 1.807) is 11.0 Å². The van der Waals surface area contributed by atoms with Gasteiger partial charge in [0.2, 0.25) is 5.91 Å². The van der Waals surface area contributed by atoms with Gasteiger partial charge in [-0.3, -0.25) is 9.52 Å². The highest BCUT2D eigenvalue weighted by molar-refractivity contribution is 7.92. The fourth-order valence-electron chi connectivity index (χ4n) is 2.52. The molecule has 0 fully saturated rings. The third-order valence-corrected chi connectivity index (χ3v) is 5.22. The number of halogens is 1. The molecule has 1 aromatic carbocycles. The molecule has 0 saturated carbocycles. The van der Waals surface area contributed by atoms with Crippen molar-refractivity contribution in [2.75, 3.05) is 16.2 Å². The van der Waals surface area contributed by atoms with Crippen LogP contribution in [-0.2, 0) is 14.8 Å². The van der Waals surface area contributed by atoms with Gasteiger partial charge in [0.05, 0.1) is 22.2 Å². The van der Waals surface area contributed by atoms with Gasteiger partial charge in [-0.15, -0.1) is 0 Å². The minimum absolute atomic E-state index is 0.0144. The van der Waals surface area contributed by atoms with Crippen LogP contribution in [0, 0.1) is 0 Å². The molecule has 0 saturated heterocycles. The maximum Gasteiger partial charge on any atom is 0.263 e. The van der Waals surface area contributed by atoms with Gasteiger partial charge in [-0.25, -0.2) is 13.4 Å². The lowest BCUT2D eigenvalue weighted by Crippen LogP contribution is -2.41. The van der Waals surface area contributed by atoms with Crippen molar-refractivity contribution >= 4 is 39.0 Å². The molecular weight excluding hydrogens is 366 g/mol. The lowest BCUT2D eigenvalue weighted by atomic mass is 10.2. The predicted octanol–water partition coefficient (Wildman–Crippen LogP) is 2.67. The van der Waals surface area contributed by atoms with Gasteiger partial charge in [0, 0.05) is 19.2 Å².